The van der Waals surface area contributed by atoms with E-state index in [9.17, 15) is 4.79 Å². The molecule has 0 bridgehead atoms. The van der Waals surface area contributed by atoms with E-state index in [0.29, 0.717) is 0 Å². The molecule has 0 aliphatic rings. The van der Waals surface area contributed by atoms with Crippen LogP contribution >= 0.6 is 12.4 Å². The third-order valence-corrected chi connectivity index (χ3v) is 2.51. The van der Waals surface area contributed by atoms with Crippen LogP contribution in [0, 0.1) is 19.8 Å². The van der Waals surface area contributed by atoms with Gasteiger partial charge in [0.15, 0.2) is 0 Å². The minimum atomic E-state index is -0.458. The van der Waals surface area contributed by atoms with Crippen LogP contribution in [0.4, 0.5) is 5.69 Å². The average Bonchev–Trinajstić information content (AvgIpc) is 2.14. The Kier molecular flexibility index (Phi) is 6.21. The number of rotatable bonds is 3. The van der Waals surface area contributed by atoms with E-state index in [2.05, 4.69) is 11.4 Å². The van der Waals surface area contributed by atoms with Crippen molar-refractivity contribution in [2.45, 2.75) is 33.7 Å². The highest BCUT2D eigenvalue weighted by molar-refractivity contribution is 5.94. The molecular formula is C13H21ClN2O. The summed E-state index contributed by atoms with van der Waals surface area (Å²) in [5.74, 6) is 0.0194. The largest absolute Gasteiger partial charge is 0.325 e. The standard InChI is InChI=1S/C13H20N2O.ClH/c1-8(2)12(14)13(16)15-11-6-9(3)5-10(4)7-11;/h5-8,12H,14H2,1-4H3,(H,15,16);1H/t12-;/m1./s1. The van der Waals surface area contributed by atoms with Crippen molar-refractivity contribution in [1.82, 2.24) is 0 Å². The zero-order valence-electron chi connectivity index (χ0n) is 10.8. The number of hydrogen-bond acceptors (Lipinski definition) is 2. The summed E-state index contributed by atoms with van der Waals surface area (Å²) in [5.41, 5.74) is 8.86. The van der Waals surface area contributed by atoms with Crippen LogP contribution in [0.2, 0.25) is 0 Å². The molecule has 1 aromatic rings. The number of aryl methyl sites for hydroxylation is 2. The van der Waals surface area contributed by atoms with E-state index < -0.39 is 6.04 Å². The van der Waals surface area contributed by atoms with Gasteiger partial charge < -0.3 is 11.1 Å². The maximum absolute atomic E-state index is 11.7. The topological polar surface area (TPSA) is 55.1 Å². The maximum atomic E-state index is 11.7. The molecule has 0 unspecified atom stereocenters. The summed E-state index contributed by atoms with van der Waals surface area (Å²) in [6.45, 7) is 7.88. The summed E-state index contributed by atoms with van der Waals surface area (Å²) >= 11 is 0. The number of carbonyl (C=O) groups excluding carboxylic acids is 1. The summed E-state index contributed by atoms with van der Waals surface area (Å²) in [5, 5.41) is 2.84. The van der Waals surface area contributed by atoms with Crippen molar-refractivity contribution in [3.05, 3.63) is 29.3 Å². The highest BCUT2D eigenvalue weighted by atomic mass is 35.5. The fraction of sp³-hybridized carbons (Fsp3) is 0.462. The van der Waals surface area contributed by atoms with Crippen molar-refractivity contribution in [2.24, 2.45) is 11.7 Å². The minimum Gasteiger partial charge on any atom is -0.325 e. The van der Waals surface area contributed by atoms with Crippen LogP contribution < -0.4 is 11.1 Å². The molecule has 17 heavy (non-hydrogen) atoms. The zero-order chi connectivity index (χ0) is 12.3. The van der Waals surface area contributed by atoms with Crippen LogP contribution in [0.25, 0.3) is 0 Å². The van der Waals surface area contributed by atoms with E-state index in [1.807, 2.05) is 39.8 Å². The second-order valence-corrected chi connectivity index (χ2v) is 4.64. The molecule has 0 radical (unpaired) electrons. The predicted octanol–water partition coefficient (Wildman–Crippen LogP) is 2.65. The SMILES string of the molecule is Cc1cc(C)cc(NC(=O)[C@H](N)C(C)C)c1.Cl. The van der Waals surface area contributed by atoms with Crippen molar-refractivity contribution >= 4 is 24.0 Å². The molecular weight excluding hydrogens is 236 g/mol. The van der Waals surface area contributed by atoms with E-state index >= 15 is 0 Å². The lowest BCUT2D eigenvalue weighted by Gasteiger charge is -2.15. The van der Waals surface area contributed by atoms with Gasteiger partial charge in [-0.1, -0.05) is 19.9 Å². The molecule has 0 saturated heterocycles. The molecule has 96 valence electrons. The molecule has 0 saturated carbocycles. The van der Waals surface area contributed by atoms with Gasteiger partial charge in [-0.15, -0.1) is 12.4 Å². The number of benzene rings is 1. The lowest BCUT2D eigenvalue weighted by Crippen LogP contribution is -2.39. The number of nitrogens with two attached hydrogens (primary N) is 1. The third kappa shape index (κ3) is 4.75. The number of halogens is 1. The van der Waals surface area contributed by atoms with Gasteiger partial charge in [0.2, 0.25) is 5.91 Å². The zero-order valence-corrected chi connectivity index (χ0v) is 11.6. The Bertz CT molecular complexity index is 371. The number of carbonyl (C=O) groups is 1. The van der Waals surface area contributed by atoms with Crippen LogP contribution in [0.15, 0.2) is 18.2 Å². The summed E-state index contributed by atoms with van der Waals surface area (Å²) in [4.78, 5) is 11.7. The lowest BCUT2D eigenvalue weighted by atomic mass is 10.0. The quantitative estimate of drug-likeness (QED) is 0.874. The fourth-order valence-corrected chi connectivity index (χ4v) is 1.58. The van der Waals surface area contributed by atoms with Gasteiger partial charge >= 0.3 is 0 Å². The molecule has 0 aliphatic heterocycles. The van der Waals surface area contributed by atoms with E-state index in [1.54, 1.807) is 0 Å². The van der Waals surface area contributed by atoms with E-state index in [1.165, 1.54) is 0 Å². The average molecular weight is 257 g/mol. The molecule has 0 spiro atoms. The Morgan fingerprint density at radius 2 is 1.65 bits per heavy atom. The Balaban J connectivity index is 0.00000256. The normalized spacial score (nSPS) is 11.9. The number of nitrogens with one attached hydrogen (secondary N) is 1. The first-order chi connectivity index (χ1) is 7.40. The second-order valence-electron chi connectivity index (χ2n) is 4.64. The molecule has 0 fully saturated rings. The molecule has 0 aromatic heterocycles. The summed E-state index contributed by atoms with van der Waals surface area (Å²) in [6.07, 6.45) is 0. The first kappa shape index (κ1) is 15.9. The number of amides is 1. The fourth-order valence-electron chi connectivity index (χ4n) is 1.58. The summed E-state index contributed by atoms with van der Waals surface area (Å²) in [7, 11) is 0. The van der Waals surface area contributed by atoms with Gasteiger partial charge in [-0.05, 0) is 43.0 Å². The van der Waals surface area contributed by atoms with Crippen molar-refractivity contribution in [3.8, 4) is 0 Å². The first-order valence-corrected chi connectivity index (χ1v) is 5.55. The second kappa shape index (κ2) is 6.62. The maximum Gasteiger partial charge on any atom is 0.241 e. The highest BCUT2D eigenvalue weighted by Gasteiger charge is 2.17. The Morgan fingerprint density at radius 1 is 1.18 bits per heavy atom. The van der Waals surface area contributed by atoms with Gasteiger partial charge in [0, 0.05) is 5.69 Å². The number of hydrogen-bond donors (Lipinski definition) is 2. The van der Waals surface area contributed by atoms with Crippen LogP contribution in [0.3, 0.4) is 0 Å². The predicted molar refractivity (Wildman–Crippen MR) is 74.6 cm³/mol. The van der Waals surface area contributed by atoms with Gasteiger partial charge in [0.05, 0.1) is 6.04 Å². The molecule has 0 heterocycles. The van der Waals surface area contributed by atoms with Gasteiger partial charge in [-0.2, -0.15) is 0 Å². The van der Waals surface area contributed by atoms with E-state index in [0.717, 1.165) is 16.8 Å². The van der Waals surface area contributed by atoms with E-state index in [-0.39, 0.29) is 24.2 Å². The summed E-state index contributed by atoms with van der Waals surface area (Å²) in [6, 6.07) is 5.49. The molecule has 3 nitrogen and oxygen atoms in total. The van der Waals surface area contributed by atoms with Crippen molar-refractivity contribution < 1.29 is 4.79 Å². The van der Waals surface area contributed by atoms with Gasteiger partial charge in [0.1, 0.15) is 0 Å². The molecule has 1 atom stereocenters. The van der Waals surface area contributed by atoms with Gasteiger partial charge in [0.25, 0.3) is 0 Å². The van der Waals surface area contributed by atoms with Crippen molar-refractivity contribution in [2.75, 3.05) is 5.32 Å². The first-order valence-electron chi connectivity index (χ1n) is 5.55. The molecule has 1 rings (SSSR count). The minimum absolute atomic E-state index is 0. The monoisotopic (exact) mass is 256 g/mol. The smallest absolute Gasteiger partial charge is 0.241 e. The molecule has 1 amide bonds. The molecule has 0 aliphatic carbocycles. The van der Waals surface area contributed by atoms with Gasteiger partial charge in [-0.25, -0.2) is 0 Å². The lowest BCUT2D eigenvalue weighted by molar-refractivity contribution is -0.118. The molecule has 1 aromatic carbocycles. The Hall–Kier alpha value is -1.06. The Labute approximate surface area is 109 Å². The summed E-state index contributed by atoms with van der Waals surface area (Å²) < 4.78 is 0. The highest BCUT2D eigenvalue weighted by Crippen LogP contribution is 2.14. The van der Waals surface area contributed by atoms with Gasteiger partial charge in [-0.3, -0.25) is 4.79 Å². The van der Waals surface area contributed by atoms with Crippen LogP contribution in [0.1, 0.15) is 25.0 Å². The van der Waals surface area contributed by atoms with Crippen LogP contribution in [-0.2, 0) is 4.79 Å². The third-order valence-electron chi connectivity index (χ3n) is 2.51. The van der Waals surface area contributed by atoms with Crippen molar-refractivity contribution in [1.29, 1.82) is 0 Å². The number of anilines is 1. The van der Waals surface area contributed by atoms with Crippen LogP contribution in [0.5, 0.6) is 0 Å². The Morgan fingerprint density at radius 3 is 2.06 bits per heavy atom. The molecule has 3 N–H and O–H groups in total. The van der Waals surface area contributed by atoms with E-state index in [4.69, 9.17) is 5.73 Å². The molecule has 4 heteroatoms. The van der Waals surface area contributed by atoms with Crippen molar-refractivity contribution in [3.63, 3.8) is 0 Å². The van der Waals surface area contributed by atoms with Crippen LogP contribution in [-0.4, -0.2) is 11.9 Å².